The smallest absolute Gasteiger partial charge is 0.315 e. The summed E-state index contributed by atoms with van der Waals surface area (Å²) in [5.41, 5.74) is 0. The highest BCUT2D eigenvalue weighted by Crippen LogP contribution is 2.31. The molecule has 0 atom stereocenters. The minimum absolute atomic E-state index is 0.0686. The molecule has 0 spiro atoms. The first-order valence-corrected chi connectivity index (χ1v) is 9.56. The molecule has 1 aliphatic carbocycles. The topological polar surface area (TPSA) is 66.9 Å². The first-order chi connectivity index (χ1) is 11.3. The predicted molar refractivity (Wildman–Crippen MR) is 93.6 cm³/mol. The van der Waals surface area contributed by atoms with Crippen molar-refractivity contribution in [2.45, 2.75) is 48.7 Å². The van der Waals surface area contributed by atoms with E-state index in [4.69, 9.17) is 0 Å². The highest BCUT2D eigenvalue weighted by atomic mass is 32.2. The molecule has 0 saturated heterocycles. The maximum absolute atomic E-state index is 11.9. The Hall–Kier alpha value is -1.60. The van der Waals surface area contributed by atoms with E-state index in [0.717, 1.165) is 30.8 Å². The lowest BCUT2D eigenvalue weighted by Crippen LogP contribution is -2.43. The molecule has 0 radical (unpaired) electrons. The van der Waals surface area contributed by atoms with Crippen molar-refractivity contribution in [3.8, 4) is 0 Å². The number of carbonyl (C=O) groups is 1. The zero-order valence-corrected chi connectivity index (χ0v) is 14.4. The van der Waals surface area contributed by atoms with E-state index in [2.05, 4.69) is 20.6 Å². The van der Waals surface area contributed by atoms with Gasteiger partial charge in [0.25, 0.3) is 0 Å². The third kappa shape index (κ3) is 5.21. The van der Waals surface area contributed by atoms with E-state index >= 15 is 0 Å². The Labute approximate surface area is 144 Å². The van der Waals surface area contributed by atoms with Crippen LogP contribution in [-0.4, -0.2) is 27.3 Å². The van der Waals surface area contributed by atoms with E-state index in [1.165, 1.54) is 4.88 Å². The van der Waals surface area contributed by atoms with Gasteiger partial charge in [0.2, 0.25) is 0 Å². The molecule has 2 heterocycles. The maximum Gasteiger partial charge on any atom is 0.315 e. The molecule has 0 aromatic carbocycles. The van der Waals surface area contributed by atoms with Crippen molar-refractivity contribution in [1.29, 1.82) is 0 Å². The summed E-state index contributed by atoms with van der Waals surface area (Å²) in [6.07, 6.45) is 7.74. The molecule has 122 valence electrons. The van der Waals surface area contributed by atoms with Crippen LogP contribution in [0.2, 0.25) is 0 Å². The third-order valence-corrected chi connectivity index (χ3v) is 5.93. The number of hydrogen-bond acceptors (Lipinski definition) is 5. The lowest BCUT2D eigenvalue weighted by molar-refractivity contribution is 0.232. The van der Waals surface area contributed by atoms with Gasteiger partial charge in [-0.15, -0.1) is 11.3 Å². The van der Waals surface area contributed by atoms with E-state index in [0.29, 0.717) is 11.8 Å². The summed E-state index contributed by atoms with van der Waals surface area (Å²) < 4.78 is 0. The molecule has 2 aromatic heterocycles. The zero-order valence-electron chi connectivity index (χ0n) is 12.8. The Balaban J connectivity index is 1.36. The molecule has 1 aliphatic rings. The molecule has 0 unspecified atom stereocenters. The average molecular weight is 348 g/mol. The summed E-state index contributed by atoms with van der Waals surface area (Å²) >= 11 is 3.40. The summed E-state index contributed by atoms with van der Waals surface area (Å²) in [6, 6.07) is 6.06. The van der Waals surface area contributed by atoms with Gasteiger partial charge >= 0.3 is 6.03 Å². The molecule has 2 N–H and O–H groups in total. The lowest BCUT2D eigenvalue weighted by atomic mass is 9.95. The first-order valence-electron chi connectivity index (χ1n) is 7.80. The summed E-state index contributed by atoms with van der Waals surface area (Å²) in [4.78, 5) is 21.6. The zero-order chi connectivity index (χ0) is 15.9. The number of thiophene rings is 1. The number of rotatable bonds is 5. The monoisotopic (exact) mass is 348 g/mol. The summed E-state index contributed by atoms with van der Waals surface area (Å²) in [5.74, 6) is 0. The van der Waals surface area contributed by atoms with Gasteiger partial charge in [0, 0.05) is 28.6 Å². The molecule has 1 saturated carbocycles. The number of hydrogen-bond donors (Lipinski definition) is 2. The van der Waals surface area contributed by atoms with E-state index in [1.807, 2.05) is 23.6 Å². The van der Waals surface area contributed by atoms with Crippen LogP contribution in [0.3, 0.4) is 0 Å². The van der Waals surface area contributed by atoms with Crippen LogP contribution in [0.15, 0.2) is 41.1 Å². The molecule has 23 heavy (non-hydrogen) atoms. The van der Waals surface area contributed by atoms with Gasteiger partial charge in [0.05, 0.1) is 6.54 Å². The number of urea groups is 1. The molecule has 0 bridgehead atoms. The summed E-state index contributed by atoms with van der Waals surface area (Å²) in [7, 11) is 0. The third-order valence-electron chi connectivity index (χ3n) is 3.83. The fourth-order valence-electron chi connectivity index (χ4n) is 2.64. The van der Waals surface area contributed by atoms with Gasteiger partial charge in [-0.2, -0.15) is 0 Å². The SMILES string of the molecule is O=C(NCc1cccs1)NC1CCC(Sc2ncccn2)CC1. The van der Waals surface area contributed by atoms with Crippen molar-refractivity contribution in [2.75, 3.05) is 0 Å². The van der Waals surface area contributed by atoms with Crippen LogP contribution >= 0.6 is 23.1 Å². The number of thioether (sulfide) groups is 1. The van der Waals surface area contributed by atoms with E-state index in [1.54, 1.807) is 35.5 Å². The number of aromatic nitrogens is 2. The van der Waals surface area contributed by atoms with Crippen LogP contribution in [0.25, 0.3) is 0 Å². The summed E-state index contributed by atoms with van der Waals surface area (Å²) in [6.45, 7) is 0.597. The van der Waals surface area contributed by atoms with Crippen LogP contribution in [0.5, 0.6) is 0 Å². The van der Waals surface area contributed by atoms with Gasteiger partial charge in [0.15, 0.2) is 5.16 Å². The van der Waals surface area contributed by atoms with E-state index in [-0.39, 0.29) is 12.1 Å². The van der Waals surface area contributed by atoms with Crippen molar-refractivity contribution in [3.63, 3.8) is 0 Å². The van der Waals surface area contributed by atoms with Crippen molar-refractivity contribution in [2.24, 2.45) is 0 Å². The normalized spacial score (nSPS) is 20.9. The van der Waals surface area contributed by atoms with Gasteiger partial charge in [0.1, 0.15) is 0 Å². The predicted octanol–water partition coefficient (Wildman–Crippen LogP) is 3.44. The first kappa shape index (κ1) is 16.3. The Morgan fingerprint density at radius 2 is 2.00 bits per heavy atom. The van der Waals surface area contributed by atoms with Crippen molar-refractivity contribution >= 4 is 29.1 Å². The Kier molecular flexibility index (Phi) is 5.87. The minimum Gasteiger partial charge on any atom is -0.335 e. The van der Waals surface area contributed by atoms with Gasteiger partial charge in [-0.25, -0.2) is 14.8 Å². The lowest BCUT2D eigenvalue weighted by Gasteiger charge is -2.28. The van der Waals surface area contributed by atoms with Crippen LogP contribution in [0, 0.1) is 0 Å². The van der Waals surface area contributed by atoms with Crippen LogP contribution in [0.4, 0.5) is 4.79 Å². The van der Waals surface area contributed by atoms with Crippen LogP contribution < -0.4 is 10.6 Å². The highest BCUT2D eigenvalue weighted by molar-refractivity contribution is 7.99. The molecular formula is C16H20N4OS2. The average Bonchev–Trinajstić information content (AvgIpc) is 3.09. The Morgan fingerprint density at radius 1 is 1.22 bits per heavy atom. The van der Waals surface area contributed by atoms with Crippen LogP contribution in [-0.2, 0) is 6.54 Å². The second-order valence-electron chi connectivity index (χ2n) is 5.53. The van der Waals surface area contributed by atoms with Gasteiger partial charge in [-0.3, -0.25) is 0 Å². The standard InChI is InChI=1S/C16H20N4OS2/c21-15(19-11-14-3-1-10-22-14)20-12-4-6-13(7-5-12)23-16-17-8-2-9-18-16/h1-3,8-10,12-13H,4-7,11H2,(H2,19,20,21). The number of nitrogens with zero attached hydrogens (tertiary/aromatic N) is 2. The quantitative estimate of drug-likeness (QED) is 0.812. The van der Waals surface area contributed by atoms with Gasteiger partial charge < -0.3 is 10.6 Å². The Morgan fingerprint density at radius 3 is 2.70 bits per heavy atom. The second kappa shape index (κ2) is 8.31. The molecular weight excluding hydrogens is 328 g/mol. The number of amides is 2. The van der Waals surface area contributed by atoms with Crippen molar-refractivity contribution in [3.05, 3.63) is 40.8 Å². The van der Waals surface area contributed by atoms with Gasteiger partial charge in [-0.05, 0) is 43.2 Å². The summed E-state index contributed by atoms with van der Waals surface area (Å²) in [5, 5.41) is 9.41. The van der Waals surface area contributed by atoms with E-state index in [9.17, 15) is 4.79 Å². The van der Waals surface area contributed by atoms with E-state index < -0.39 is 0 Å². The molecule has 7 heteroatoms. The number of nitrogens with one attached hydrogen (secondary N) is 2. The van der Waals surface area contributed by atoms with Crippen molar-refractivity contribution < 1.29 is 4.79 Å². The molecule has 2 aromatic rings. The fraction of sp³-hybridized carbons (Fsp3) is 0.438. The Bertz CT molecular complexity index is 598. The number of carbonyl (C=O) groups excluding carboxylic acids is 1. The van der Waals surface area contributed by atoms with Crippen molar-refractivity contribution in [1.82, 2.24) is 20.6 Å². The molecule has 0 aliphatic heterocycles. The molecule has 3 rings (SSSR count). The maximum atomic E-state index is 11.9. The second-order valence-corrected chi connectivity index (χ2v) is 7.83. The van der Waals surface area contributed by atoms with Gasteiger partial charge in [-0.1, -0.05) is 17.8 Å². The molecule has 5 nitrogen and oxygen atoms in total. The molecule has 2 amide bonds. The fourth-order valence-corrected chi connectivity index (χ4v) is 4.33. The minimum atomic E-state index is -0.0686. The van der Waals surface area contributed by atoms with Crippen LogP contribution in [0.1, 0.15) is 30.6 Å². The highest BCUT2D eigenvalue weighted by Gasteiger charge is 2.23. The largest absolute Gasteiger partial charge is 0.335 e. The molecule has 1 fully saturated rings.